The Labute approximate surface area is 128 Å². The minimum absolute atomic E-state index is 0.660. The Morgan fingerprint density at radius 3 is 2.06 bits per heavy atom. The van der Waals surface area contributed by atoms with Crippen molar-refractivity contribution in [3.63, 3.8) is 0 Å². The third kappa shape index (κ3) is 2.92. The maximum atomic E-state index is 2.33. The van der Waals surface area contributed by atoms with E-state index in [4.69, 9.17) is 0 Å². The predicted octanol–water partition coefficient (Wildman–Crippen LogP) is 6.18. The first-order valence-corrected chi connectivity index (χ1v) is 10.7. The lowest BCUT2D eigenvalue weighted by Gasteiger charge is -2.08. The summed E-state index contributed by atoms with van der Waals surface area (Å²) in [5, 5.41) is 2.33. The summed E-state index contributed by atoms with van der Waals surface area (Å²) in [6.45, 7) is 4.55. The van der Waals surface area contributed by atoms with E-state index in [2.05, 4.69) is 19.3 Å². The zero-order valence-corrected chi connectivity index (χ0v) is 14.4. The Kier molecular flexibility index (Phi) is 4.50. The van der Waals surface area contributed by atoms with Crippen LogP contribution in [0.1, 0.15) is 13.8 Å². The molecule has 0 aromatic heterocycles. The maximum absolute atomic E-state index is 2.33. The van der Waals surface area contributed by atoms with Crippen LogP contribution in [0.2, 0.25) is 0 Å². The van der Waals surface area contributed by atoms with Crippen molar-refractivity contribution in [3.05, 3.63) is 27.3 Å². The van der Waals surface area contributed by atoms with Gasteiger partial charge in [-0.1, -0.05) is 60.9 Å². The van der Waals surface area contributed by atoms with Crippen LogP contribution < -0.4 is 0 Å². The van der Waals surface area contributed by atoms with Gasteiger partial charge in [-0.05, 0) is 16.2 Å². The molecule has 0 bridgehead atoms. The molecule has 0 amide bonds. The van der Waals surface area contributed by atoms with Gasteiger partial charge in [-0.25, -0.2) is 0 Å². The summed E-state index contributed by atoms with van der Waals surface area (Å²) in [7, 11) is 0. The van der Waals surface area contributed by atoms with Crippen LogP contribution in [0.5, 0.6) is 0 Å². The normalized spacial score (nSPS) is 24.8. The summed E-state index contributed by atoms with van der Waals surface area (Å²) in [5.41, 5.74) is 0. The zero-order chi connectivity index (χ0) is 11.8. The lowest BCUT2D eigenvalue weighted by Crippen LogP contribution is -1.88. The smallest absolute Gasteiger partial charge is 0.0717 e. The Morgan fingerprint density at radius 2 is 1.53 bits per heavy atom. The van der Waals surface area contributed by atoms with Crippen molar-refractivity contribution in [2.45, 2.75) is 13.8 Å². The van der Waals surface area contributed by atoms with Gasteiger partial charge in [0.05, 0.1) is 16.9 Å². The molecular formula is C11H12S6. The molecule has 92 valence electrons. The summed E-state index contributed by atoms with van der Waals surface area (Å²) in [6.07, 6.45) is 0. The molecule has 0 aromatic carbocycles. The standard InChI is InChI=1S/C11H12S6/c1-6(2)7-5-14-10(15-7)11-16-8-9(17-11)13-4-3-12-8/h5-6H,3-4H2,1-2H3. The van der Waals surface area contributed by atoms with Crippen molar-refractivity contribution in [2.75, 3.05) is 11.5 Å². The monoisotopic (exact) mass is 336 g/mol. The third-order valence-corrected chi connectivity index (χ3v) is 11.3. The van der Waals surface area contributed by atoms with Gasteiger partial charge >= 0.3 is 0 Å². The van der Waals surface area contributed by atoms with E-state index in [0.717, 1.165) is 0 Å². The molecule has 3 rings (SSSR count). The van der Waals surface area contributed by atoms with Crippen LogP contribution in [0, 0.1) is 5.92 Å². The molecular weight excluding hydrogens is 325 g/mol. The van der Waals surface area contributed by atoms with E-state index < -0.39 is 0 Å². The van der Waals surface area contributed by atoms with Gasteiger partial charge in [0, 0.05) is 11.5 Å². The minimum Gasteiger partial charge on any atom is -0.116 e. The summed E-state index contributed by atoms with van der Waals surface area (Å²) < 4.78 is 6.11. The van der Waals surface area contributed by atoms with Crippen LogP contribution in [0.15, 0.2) is 27.3 Å². The van der Waals surface area contributed by atoms with Gasteiger partial charge in [0.25, 0.3) is 0 Å². The zero-order valence-electron chi connectivity index (χ0n) is 9.52. The topological polar surface area (TPSA) is 0 Å². The molecule has 0 nitrogen and oxygen atoms in total. The van der Waals surface area contributed by atoms with Crippen molar-refractivity contribution in [1.29, 1.82) is 0 Å². The Balaban J connectivity index is 1.73. The molecule has 0 atom stereocenters. The van der Waals surface area contributed by atoms with E-state index in [1.54, 1.807) is 8.47 Å². The molecule has 6 heteroatoms. The first-order valence-electron chi connectivity index (χ1n) is 5.38. The first-order chi connectivity index (χ1) is 8.24. The van der Waals surface area contributed by atoms with Gasteiger partial charge in [-0.2, -0.15) is 0 Å². The van der Waals surface area contributed by atoms with Gasteiger partial charge in [-0.3, -0.25) is 0 Å². The second-order valence-electron chi connectivity index (χ2n) is 3.95. The van der Waals surface area contributed by atoms with Gasteiger partial charge in [0.1, 0.15) is 0 Å². The minimum atomic E-state index is 0.660. The molecule has 0 aromatic rings. The van der Waals surface area contributed by atoms with Crippen molar-refractivity contribution in [1.82, 2.24) is 0 Å². The second-order valence-corrected chi connectivity index (χ2v) is 11.2. The van der Waals surface area contributed by atoms with E-state index in [9.17, 15) is 0 Å². The Hall–Kier alpha value is 1.32. The number of hydrogen-bond acceptors (Lipinski definition) is 6. The van der Waals surface area contributed by atoms with Crippen LogP contribution in [-0.4, -0.2) is 11.5 Å². The highest BCUT2D eigenvalue weighted by Gasteiger charge is 2.29. The van der Waals surface area contributed by atoms with Crippen molar-refractivity contribution in [3.8, 4) is 0 Å². The quantitative estimate of drug-likeness (QED) is 0.557. The molecule has 0 saturated carbocycles. The number of thioether (sulfide) groups is 6. The molecule has 17 heavy (non-hydrogen) atoms. The van der Waals surface area contributed by atoms with Gasteiger partial charge in [0.15, 0.2) is 0 Å². The molecule has 0 spiro atoms. The Bertz CT molecular complexity index is 411. The van der Waals surface area contributed by atoms with E-state index in [-0.39, 0.29) is 0 Å². The largest absolute Gasteiger partial charge is 0.116 e. The molecule has 0 radical (unpaired) electrons. The fourth-order valence-corrected chi connectivity index (χ4v) is 10.1. The highest BCUT2D eigenvalue weighted by Crippen LogP contribution is 2.64. The molecule has 0 fully saturated rings. The van der Waals surface area contributed by atoms with Crippen molar-refractivity contribution < 1.29 is 0 Å². The second kappa shape index (κ2) is 5.75. The lowest BCUT2D eigenvalue weighted by molar-refractivity contribution is 0.820. The predicted molar refractivity (Wildman–Crippen MR) is 92.3 cm³/mol. The fraction of sp³-hybridized carbons (Fsp3) is 0.455. The molecule has 3 aliphatic rings. The molecule has 3 heterocycles. The van der Waals surface area contributed by atoms with Gasteiger partial charge in [0.2, 0.25) is 0 Å². The SMILES string of the molecule is CC(C)C1=CSC(=C2SC3=C(SCCS3)S2)S1. The molecule has 0 saturated heterocycles. The molecule has 0 aliphatic carbocycles. The summed E-state index contributed by atoms with van der Waals surface area (Å²) in [6, 6.07) is 0. The highest BCUT2D eigenvalue weighted by molar-refractivity contribution is 8.43. The molecule has 0 unspecified atom stereocenters. The van der Waals surface area contributed by atoms with Crippen molar-refractivity contribution >= 4 is 70.6 Å². The van der Waals surface area contributed by atoms with E-state index in [1.165, 1.54) is 24.9 Å². The van der Waals surface area contributed by atoms with Crippen LogP contribution in [0.4, 0.5) is 0 Å². The van der Waals surface area contributed by atoms with Crippen LogP contribution in [0.3, 0.4) is 0 Å². The van der Waals surface area contributed by atoms with Gasteiger partial charge < -0.3 is 0 Å². The highest BCUT2D eigenvalue weighted by atomic mass is 32.3. The van der Waals surface area contributed by atoms with Crippen molar-refractivity contribution in [2.24, 2.45) is 5.92 Å². The number of hydrogen-bond donors (Lipinski definition) is 0. The lowest BCUT2D eigenvalue weighted by atomic mass is 10.2. The summed E-state index contributed by atoms with van der Waals surface area (Å²) in [4.78, 5) is 1.52. The summed E-state index contributed by atoms with van der Waals surface area (Å²) >= 11 is 12.0. The van der Waals surface area contributed by atoms with Crippen LogP contribution in [-0.2, 0) is 0 Å². The third-order valence-electron chi connectivity index (χ3n) is 2.32. The summed E-state index contributed by atoms with van der Waals surface area (Å²) in [5.74, 6) is 3.21. The maximum Gasteiger partial charge on any atom is 0.0717 e. The van der Waals surface area contributed by atoms with Crippen LogP contribution in [0.25, 0.3) is 0 Å². The van der Waals surface area contributed by atoms with E-state index in [0.29, 0.717) is 5.92 Å². The average Bonchev–Trinajstić information content (AvgIpc) is 2.95. The molecule has 3 aliphatic heterocycles. The molecule has 0 N–H and O–H groups in total. The number of rotatable bonds is 1. The van der Waals surface area contributed by atoms with E-state index in [1.807, 2.05) is 70.6 Å². The average molecular weight is 337 g/mol. The van der Waals surface area contributed by atoms with Gasteiger partial charge in [-0.15, -0.1) is 23.5 Å². The Morgan fingerprint density at radius 1 is 0.882 bits per heavy atom. The number of allylic oxidation sites excluding steroid dienone is 1. The van der Waals surface area contributed by atoms with Crippen LogP contribution >= 0.6 is 70.6 Å². The van der Waals surface area contributed by atoms with E-state index >= 15 is 0 Å². The first kappa shape index (κ1) is 13.3. The fourth-order valence-electron chi connectivity index (χ4n) is 1.41.